The number of hydrogen-bond acceptors (Lipinski definition) is 6. The fraction of sp³-hybridized carbons (Fsp3) is 0.304. The second-order valence-corrected chi connectivity index (χ2v) is 7.64. The molecule has 2 aromatic heterocycles. The van der Waals surface area contributed by atoms with E-state index in [2.05, 4.69) is 39.9 Å². The van der Waals surface area contributed by atoms with Crippen molar-refractivity contribution in [3.8, 4) is 0 Å². The number of ether oxygens (including phenoxy) is 1. The number of esters is 1. The third-order valence-electron chi connectivity index (χ3n) is 5.31. The summed E-state index contributed by atoms with van der Waals surface area (Å²) in [5.41, 5.74) is 4.52. The maximum Gasteiger partial charge on any atom is 0.337 e. The normalized spacial score (nSPS) is 16.0. The quantitative estimate of drug-likeness (QED) is 0.641. The van der Waals surface area contributed by atoms with Crippen molar-refractivity contribution in [2.24, 2.45) is 9.98 Å². The molecule has 0 fully saturated rings. The Morgan fingerprint density at radius 1 is 1.30 bits per heavy atom. The van der Waals surface area contributed by atoms with E-state index in [9.17, 15) is 4.79 Å². The largest absolute Gasteiger partial charge is 0.465 e. The van der Waals surface area contributed by atoms with Gasteiger partial charge >= 0.3 is 5.97 Å². The molecule has 3 heterocycles. The highest BCUT2D eigenvalue weighted by molar-refractivity contribution is 6.01. The van der Waals surface area contributed by atoms with Crippen molar-refractivity contribution < 1.29 is 9.53 Å². The lowest BCUT2D eigenvalue weighted by atomic mass is 10.0. The number of aromatic nitrogens is 2. The Bertz CT molecular complexity index is 1160. The molecule has 7 nitrogen and oxygen atoms in total. The van der Waals surface area contributed by atoms with Crippen LogP contribution in [-0.2, 0) is 4.74 Å². The number of nitrogens with zero attached hydrogens (tertiary/aromatic N) is 4. The summed E-state index contributed by atoms with van der Waals surface area (Å²) in [7, 11) is 1.37. The molecule has 0 spiro atoms. The van der Waals surface area contributed by atoms with Gasteiger partial charge in [0.2, 0.25) is 5.96 Å². The van der Waals surface area contributed by atoms with Crippen molar-refractivity contribution in [1.82, 2.24) is 9.55 Å². The third-order valence-corrected chi connectivity index (χ3v) is 5.31. The molecule has 0 aliphatic carbocycles. The number of hydrogen-bond donors (Lipinski definition) is 1. The zero-order chi connectivity index (χ0) is 21.3. The van der Waals surface area contributed by atoms with Gasteiger partial charge in [-0.3, -0.25) is 4.98 Å². The predicted octanol–water partition coefficient (Wildman–Crippen LogP) is 4.70. The number of benzene rings is 1. The monoisotopic (exact) mass is 403 g/mol. The molecular formula is C23H25N5O2. The molecule has 1 aliphatic rings. The van der Waals surface area contributed by atoms with Crippen LogP contribution in [0.1, 0.15) is 53.8 Å². The molecule has 1 N–H and O–H groups in total. The van der Waals surface area contributed by atoms with Crippen molar-refractivity contribution in [2.75, 3.05) is 12.4 Å². The minimum atomic E-state index is -0.375. The van der Waals surface area contributed by atoms with Gasteiger partial charge in [-0.2, -0.15) is 0 Å². The van der Waals surface area contributed by atoms with E-state index >= 15 is 0 Å². The molecule has 1 atom stereocenters. The van der Waals surface area contributed by atoms with Gasteiger partial charge in [0.15, 0.2) is 0 Å². The number of aryl methyl sites for hydroxylation is 1. The molecule has 4 rings (SSSR count). The predicted molar refractivity (Wildman–Crippen MR) is 120 cm³/mol. The summed E-state index contributed by atoms with van der Waals surface area (Å²) in [5, 5.41) is 4.43. The van der Waals surface area contributed by atoms with Crippen LogP contribution < -0.4 is 5.32 Å². The number of methoxy groups -OCH3 is 1. The van der Waals surface area contributed by atoms with Gasteiger partial charge in [0.25, 0.3) is 0 Å². The summed E-state index contributed by atoms with van der Waals surface area (Å²) in [5.74, 6) is 0.149. The van der Waals surface area contributed by atoms with Crippen LogP contribution in [0.5, 0.6) is 0 Å². The van der Waals surface area contributed by atoms with Gasteiger partial charge in [-0.15, -0.1) is 0 Å². The Kier molecular flexibility index (Phi) is 5.35. The Morgan fingerprint density at radius 3 is 2.90 bits per heavy atom. The zero-order valence-electron chi connectivity index (χ0n) is 17.6. The van der Waals surface area contributed by atoms with Crippen LogP contribution in [0.15, 0.2) is 52.8 Å². The molecular weight excluding hydrogens is 378 g/mol. The van der Waals surface area contributed by atoms with Gasteiger partial charge in [0.05, 0.1) is 30.4 Å². The number of guanidine groups is 1. The first kappa shape index (κ1) is 19.8. The second-order valence-electron chi connectivity index (χ2n) is 7.64. The van der Waals surface area contributed by atoms with Crippen LogP contribution in [-0.4, -0.2) is 34.8 Å². The van der Waals surface area contributed by atoms with Crippen molar-refractivity contribution in [1.29, 1.82) is 0 Å². The third kappa shape index (κ3) is 3.70. The molecule has 3 aromatic rings. The molecule has 7 heteroatoms. The van der Waals surface area contributed by atoms with Crippen molar-refractivity contribution >= 4 is 34.7 Å². The van der Waals surface area contributed by atoms with E-state index in [1.807, 2.05) is 37.7 Å². The molecule has 0 saturated heterocycles. The smallest absolute Gasteiger partial charge is 0.337 e. The lowest BCUT2D eigenvalue weighted by molar-refractivity contribution is 0.0601. The first-order valence-corrected chi connectivity index (χ1v) is 9.98. The van der Waals surface area contributed by atoms with Gasteiger partial charge < -0.3 is 14.6 Å². The molecule has 0 amide bonds. The lowest BCUT2D eigenvalue weighted by Gasteiger charge is -2.17. The average molecular weight is 403 g/mol. The minimum absolute atomic E-state index is 0.0426. The summed E-state index contributed by atoms with van der Waals surface area (Å²) >= 11 is 0. The van der Waals surface area contributed by atoms with Crippen molar-refractivity contribution in [3.63, 3.8) is 0 Å². The van der Waals surface area contributed by atoms with E-state index < -0.39 is 0 Å². The van der Waals surface area contributed by atoms with E-state index in [0.29, 0.717) is 17.6 Å². The maximum atomic E-state index is 11.9. The minimum Gasteiger partial charge on any atom is -0.465 e. The summed E-state index contributed by atoms with van der Waals surface area (Å²) in [4.78, 5) is 25.5. The maximum absolute atomic E-state index is 11.9. The molecule has 30 heavy (non-hydrogen) atoms. The van der Waals surface area contributed by atoms with E-state index in [0.717, 1.165) is 34.1 Å². The number of rotatable bonds is 4. The van der Waals surface area contributed by atoms with Gasteiger partial charge in [-0.05, 0) is 44.5 Å². The molecule has 1 unspecified atom stereocenters. The topological polar surface area (TPSA) is 80.9 Å². The van der Waals surface area contributed by atoms with Gasteiger partial charge in [-0.25, -0.2) is 14.8 Å². The number of anilines is 1. The lowest BCUT2D eigenvalue weighted by Crippen LogP contribution is -2.17. The Labute approximate surface area is 175 Å². The van der Waals surface area contributed by atoms with Crippen LogP contribution in [0.3, 0.4) is 0 Å². The van der Waals surface area contributed by atoms with Crippen LogP contribution in [0.2, 0.25) is 0 Å². The first-order chi connectivity index (χ1) is 14.5. The molecule has 154 valence electrons. The molecule has 0 radical (unpaired) electrons. The second kappa shape index (κ2) is 8.10. The van der Waals surface area contributed by atoms with Crippen molar-refractivity contribution in [3.05, 3.63) is 59.5 Å². The number of fused-ring (bicyclic) bond motifs is 1. The number of aliphatic imine (C=N–C) groups is 2. The highest BCUT2D eigenvalue weighted by atomic mass is 16.5. The van der Waals surface area contributed by atoms with E-state index in [-0.39, 0.29) is 12.0 Å². The summed E-state index contributed by atoms with van der Waals surface area (Å²) in [6.45, 7) is 6.29. The number of nitrogens with one attached hydrogen (secondary N) is 1. The fourth-order valence-electron chi connectivity index (χ4n) is 3.67. The van der Waals surface area contributed by atoms with Gasteiger partial charge in [0.1, 0.15) is 0 Å². The van der Waals surface area contributed by atoms with E-state index in [4.69, 9.17) is 9.73 Å². The fourth-order valence-corrected chi connectivity index (χ4v) is 3.67. The number of carbonyl (C=O) groups excluding carboxylic acids is 1. The van der Waals surface area contributed by atoms with E-state index in [1.165, 1.54) is 7.11 Å². The molecule has 1 aliphatic heterocycles. The summed E-state index contributed by atoms with van der Waals surface area (Å²) in [6, 6.07) is 7.71. The van der Waals surface area contributed by atoms with Crippen LogP contribution in [0.25, 0.3) is 10.9 Å². The molecule has 0 saturated carbocycles. The molecule has 0 bridgehead atoms. The highest BCUT2D eigenvalue weighted by Gasteiger charge is 2.21. The number of carbonyl (C=O) groups is 1. The van der Waals surface area contributed by atoms with Crippen LogP contribution >= 0.6 is 0 Å². The molecule has 1 aromatic carbocycles. The summed E-state index contributed by atoms with van der Waals surface area (Å²) in [6.07, 6.45) is 8.51. The van der Waals surface area contributed by atoms with Crippen LogP contribution in [0.4, 0.5) is 5.69 Å². The Hall–Kier alpha value is -3.48. The highest BCUT2D eigenvalue weighted by Crippen LogP contribution is 2.33. The summed E-state index contributed by atoms with van der Waals surface area (Å²) < 4.78 is 7.06. The number of pyridine rings is 1. The Balaban J connectivity index is 1.67. The average Bonchev–Trinajstić information content (AvgIpc) is 3.15. The van der Waals surface area contributed by atoms with Gasteiger partial charge in [-0.1, -0.05) is 6.07 Å². The van der Waals surface area contributed by atoms with E-state index in [1.54, 1.807) is 12.1 Å². The van der Waals surface area contributed by atoms with Gasteiger partial charge in [0, 0.05) is 47.7 Å². The Morgan fingerprint density at radius 2 is 2.13 bits per heavy atom. The SMILES string of the molecule is COC(=O)c1ccc(C)c(NC2=NC(c3cn(C(C)C)c4cnccc34)CC=N2)c1. The van der Waals surface area contributed by atoms with Crippen molar-refractivity contribution in [2.45, 2.75) is 39.3 Å². The zero-order valence-corrected chi connectivity index (χ0v) is 17.6. The standard InChI is InChI=1S/C23H25N5O2/c1-14(2)28-13-18(17-7-9-24-12-21(17)28)19-8-10-25-23(26-19)27-20-11-16(22(29)30-4)6-5-15(20)3/h5-7,9-14,19H,8H2,1-4H3,(H,26,27). The first-order valence-electron chi connectivity index (χ1n) is 9.98. The van der Waals surface area contributed by atoms with Crippen LogP contribution in [0, 0.1) is 6.92 Å².